The lowest BCUT2D eigenvalue weighted by Crippen LogP contribution is -2.09. The summed E-state index contributed by atoms with van der Waals surface area (Å²) >= 11 is 0. The lowest BCUT2D eigenvalue weighted by atomic mass is 9.98. The molecular weight excluding hydrogens is 869 g/mol. The topological polar surface area (TPSA) is 42.6 Å². The zero-order valence-corrected chi connectivity index (χ0v) is 39.3. The van der Waals surface area contributed by atoms with Gasteiger partial charge in [0.2, 0.25) is 0 Å². The summed E-state index contributed by atoms with van der Waals surface area (Å²) in [6, 6.07) is 76.8. The molecule has 0 saturated heterocycles. The van der Waals surface area contributed by atoms with Gasteiger partial charge in [-0.2, -0.15) is 0 Å². The van der Waals surface area contributed by atoms with Gasteiger partial charge in [0.15, 0.2) is 0 Å². The molecule has 4 aromatic heterocycles. The second-order valence-corrected chi connectivity index (χ2v) is 19.1. The van der Waals surface area contributed by atoms with Crippen molar-refractivity contribution in [1.29, 1.82) is 0 Å². The van der Waals surface area contributed by atoms with E-state index in [4.69, 9.17) is 8.83 Å². The van der Waals surface area contributed by atoms with E-state index in [0.29, 0.717) is 0 Å². The summed E-state index contributed by atoms with van der Waals surface area (Å²) in [5.41, 5.74) is 15.9. The number of hydrogen-bond acceptors (Lipinski definition) is 4. The zero-order chi connectivity index (χ0) is 47.1. The predicted octanol–water partition coefficient (Wildman–Crippen LogP) is 18.3. The fraction of sp³-hybridized carbons (Fsp3) is 0.0462. The van der Waals surface area contributed by atoms with Crippen molar-refractivity contribution < 1.29 is 8.83 Å². The maximum absolute atomic E-state index is 6.78. The maximum atomic E-state index is 6.78. The van der Waals surface area contributed by atoms with Crippen molar-refractivity contribution in [1.82, 2.24) is 9.13 Å². The third kappa shape index (κ3) is 5.88. The van der Waals surface area contributed by atoms with Crippen LogP contribution >= 0.6 is 0 Å². The number of anilines is 6. The minimum atomic E-state index is 0.822. The van der Waals surface area contributed by atoms with Crippen molar-refractivity contribution in [2.24, 2.45) is 14.1 Å². The van der Waals surface area contributed by atoms with E-state index in [1.807, 2.05) is 0 Å². The lowest BCUT2D eigenvalue weighted by Gasteiger charge is -2.26. The first-order valence-corrected chi connectivity index (χ1v) is 24.3. The zero-order valence-electron chi connectivity index (χ0n) is 39.3. The molecule has 15 rings (SSSR count). The van der Waals surface area contributed by atoms with Crippen molar-refractivity contribution in [3.8, 4) is 0 Å². The Kier molecular flexibility index (Phi) is 8.32. The van der Waals surface area contributed by atoms with Gasteiger partial charge < -0.3 is 27.8 Å². The van der Waals surface area contributed by atoms with Crippen LogP contribution in [0.15, 0.2) is 221 Å². The Morgan fingerprint density at radius 1 is 0.296 bits per heavy atom. The Balaban J connectivity index is 0.833. The molecule has 336 valence electrons. The summed E-state index contributed by atoms with van der Waals surface area (Å²) in [5, 5.41) is 13.9. The highest BCUT2D eigenvalue weighted by Crippen LogP contribution is 2.45. The summed E-state index contributed by atoms with van der Waals surface area (Å²) < 4.78 is 18.1. The number of para-hydroxylation sites is 4. The highest BCUT2D eigenvalue weighted by Gasteiger charge is 2.22. The Hall–Kier alpha value is -9.26. The van der Waals surface area contributed by atoms with Crippen LogP contribution in [0.4, 0.5) is 34.1 Å². The van der Waals surface area contributed by atoms with Crippen LogP contribution in [0, 0.1) is 6.92 Å². The fourth-order valence-corrected chi connectivity index (χ4v) is 11.8. The lowest BCUT2D eigenvalue weighted by molar-refractivity contribution is 0.656. The quantitative estimate of drug-likeness (QED) is 0.167. The monoisotopic (exact) mass is 912 g/mol. The first-order valence-electron chi connectivity index (χ1n) is 24.3. The van der Waals surface area contributed by atoms with E-state index in [-0.39, 0.29) is 0 Å². The van der Waals surface area contributed by atoms with E-state index in [0.717, 1.165) is 105 Å². The molecule has 0 saturated carbocycles. The molecule has 0 radical (unpaired) electrons. The van der Waals surface area contributed by atoms with Gasteiger partial charge in [-0.25, -0.2) is 0 Å². The van der Waals surface area contributed by atoms with Crippen LogP contribution in [-0.2, 0) is 14.1 Å². The molecule has 0 atom stereocenters. The standard InChI is InChI=1S/C65H44N4O2/c1-39-64-54-32-40-22-24-46(68(44-14-6-4-7-15-44)48-26-28-58-52(36-48)50-18-10-12-20-56(50)66(58)2)30-42(40)34-60(54)70-62(64)38-63-65(39)55-33-41-23-25-47(31-43(41)35-61(55)71-63)69(45-16-8-5-9-17-45)49-27-29-59-53(37-49)51-19-11-13-21-57(51)67(59)3/h4-38H,1-3H3. The molecule has 0 aliphatic carbocycles. The van der Waals surface area contributed by atoms with Crippen molar-refractivity contribution in [3.63, 3.8) is 0 Å². The van der Waals surface area contributed by atoms with Crippen molar-refractivity contribution >= 4 is 143 Å². The van der Waals surface area contributed by atoms with Gasteiger partial charge in [0, 0.05) is 119 Å². The van der Waals surface area contributed by atoms with Crippen LogP contribution in [0.5, 0.6) is 0 Å². The normalized spacial score (nSPS) is 12.2. The van der Waals surface area contributed by atoms with E-state index in [1.54, 1.807) is 0 Å². The Bertz CT molecular complexity index is 4390. The SMILES string of the molecule is Cc1c2c(cc3oc4cc5cc(N(c6ccccc6)c6ccc7c(c6)c6ccccc6n7C)ccc5cc4c13)oc1cc3cc(N(c4ccccc4)c4ccc5c(c4)c4ccccc4n5C)ccc3cc12. The number of hydrogen-bond donors (Lipinski definition) is 0. The molecule has 6 nitrogen and oxygen atoms in total. The summed E-state index contributed by atoms with van der Waals surface area (Å²) in [7, 11) is 4.29. The first kappa shape index (κ1) is 39.7. The van der Waals surface area contributed by atoms with Crippen LogP contribution in [-0.4, -0.2) is 9.13 Å². The molecule has 0 fully saturated rings. The number of aryl methyl sites for hydroxylation is 3. The van der Waals surface area contributed by atoms with Crippen molar-refractivity contribution in [2.45, 2.75) is 6.92 Å². The fourth-order valence-electron chi connectivity index (χ4n) is 11.8. The average Bonchev–Trinajstić information content (AvgIpc) is 4.13. The average molecular weight is 913 g/mol. The highest BCUT2D eigenvalue weighted by molar-refractivity contribution is 6.21. The molecule has 0 spiro atoms. The van der Waals surface area contributed by atoms with E-state index in [1.165, 1.54) is 43.6 Å². The molecule has 4 heterocycles. The number of aromatic nitrogens is 2. The summed E-state index contributed by atoms with van der Waals surface area (Å²) in [6.07, 6.45) is 0. The van der Waals surface area contributed by atoms with Gasteiger partial charge in [0.1, 0.15) is 22.3 Å². The molecule has 0 N–H and O–H groups in total. The van der Waals surface area contributed by atoms with Crippen LogP contribution in [0.25, 0.3) is 109 Å². The Labute approximate surface area is 408 Å². The molecule has 0 aliphatic heterocycles. The van der Waals surface area contributed by atoms with Gasteiger partial charge in [0.25, 0.3) is 0 Å². The second kappa shape index (κ2) is 14.9. The van der Waals surface area contributed by atoms with Gasteiger partial charge in [-0.15, -0.1) is 0 Å². The third-order valence-electron chi connectivity index (χ3n) is 15.2. The van der Waals surface area contributed by atoms with Crippen LogP contribution in [0.3, 0.4) is 0 Å². The molecule has 0 unspecified atom stereocenters. The third-order valence-corrected chi connectivity index (χ3v) is 15.2. The van der Waals surface area contributed by atoms with Gasteiger partial charge in [-0.1, -0.05) is 84.9 Å². The Morgan fingerprint density at radius 3 is 1.15 bits per heavy atom. The Morgan fingerprint density at radius 2 is 0.690 bits per heavy atom. The van der Waals surface area contributed by atoms with Gasteiger partial charge in [0.05, 0.1) is 0 Å². The predicted molar refractivity (Wildman–Crippen MR) is 298 cm³/mol. The van der Waals surface area contributed by atoms with Crippen LogP contribution < -0.4 is 9.80 Å². The molecule has 6 heteroatoms. The van der Waals surface area contributed by atoms with E-state index < -0.39 is 0 Å². The summed E-state index contributed by atoms with van der Waals surface area (Å²) in [4.78, 5) is 4.70. The number of rotatable bonds is 6. The molecule has 0 amide bonds. The number of fused-ring (bicyclic) bond motifs is 14. The minimum Gasteiger partial charge on any atom is -0.456 e. The van der Waals surface area contributed by atoms with E-state index >= 15 is 0 Å². The van der Waals surface area contributed by atoms with Gasteiger partial charge in [-0.05, 0) is 155 Å². The van der Waals surface area contributed by atoms with Crippen molar-refractivity contribution in [2.75, 3.05) is 9.80 Å². The second-order valence-electron chi connectivity index (χ2n) is 19.1. The molecule has 15 aromatic rings. The smallest absolute Gasteiger partial charge is 0.139 e. The molecule has 71 heavy (non-hydrogen) atoms. The van der Waals surface area contributed by atoms with Crippen LogP contribution in [0.1, 0.15) is 5.56 Å². The molecule has 0 bridgehead atoms. The number of nitrogens with zero attached hydrogens (tertiary/aromatic N) is 4. The largest absolute Gasteiger partial charge is 0.456 e. The first-order chi connectivity index (χ1) is 34.9. The summed E-state index contributed by atoms with van der Waals surface area (Å²) in [5.74, 6) is 0. The summed E-state index contributed by atoms with van der Waals surface area (Å²) in [6.45, 7) is 2.21. The molecular formula is C65H44N4O2. The van der Waals surface area contributed by atoms with Crippen molar-refractivity contribution in [3.05, 3.63) is 218 Å². The van der Waals surface area contributed by atoms with E-state index in [9.17, 15) is 0 Å². The molecule has 0 aliphatic rings. The number of benzene rings is 11. The van der Waals surface area contributed by atoms with Crippen LogP contribution in [0.2, 0.25) is 0 Å². The van der Waals surface area contributed by atoms with Gasteiger partial charge >= 0.3 is 0 Å². The van der Waals surface area contributed by atoms with E-state index in [2.05, 4.69) is 252 Å². The highest BCUT2D eigenvalue weighted by atomic mass is 16.3. The minimum absolute atomic E-state index is 0.822. The van der Waals surface area contributed by atoms with Gasteiger partial charge in [-0.3, -0.25) is 0 Å². The maximum Gasteiger partial charge on any atom is 0.139 e. The number of furan rings is 2. The molecule has 11 aromatic carbocycles.